The monoisotopic (exact) mass is 490 g/mol. The number of aliphatic imine (C=N–C) groups is 1. The van der Waals surface area contributed by atoms with Crippen LogP contribution >= 0.6 is 24.0 Å². The first kappa shape index (κ1) is 22.0. The molecule has 142 valence electrons. The molecule has 0 aromatic heterocycles. The average Bonchev–Trinajstić information content (AvgIpc) is 2.51. The van der Waals surface area contributed by atoms with E-state index in [9.17, 15) is 17.2 Å². The largest absolute Gasteiger partial charge is 0.375 e. The van der Waals surface area contributed by atoms with Gasteiger partial charge in [-0.1, -0.05) is 0 Å². The van der Waals surface area contributed by atoms with Crippen molar-refractivity contribution < 1.29 is 21.9 Å². The molecule has 0 bridgehead atoms. The molecule has 25 heavy (non-hydrogen) atoms. The highest BCUT2D eigenvalue weighted by Crippen LogP contribution is 2.14. The molecule has 0 amide bonds. The van der Waals surface area contributed by atoms with Crippen molar-refractivity contribution in [3.8, 4) is 0 Å². The number of guanidine groups is 1. The fraction of sp³-hybridized carbons (Fsp3) is 0.500. The zero-order valence-corrected chi connectivity index (χ0v) is 16.8. The van der Waals surface area contributed by atoms with Crippen LogP contribution in [0.5, 0.6) is 0 Å². The third-order valence-electron chi connectivity index (χ3n) is 3.43. The summed E-state index contributed by atoms with van der Waals surface area (Å²) in [5.41, 5.74) is 5.85. The van der Waals surface area contributed by atoms with E-state index >= 15 is 0 Å². The Hall–Kier alpha value is -1.05. The van der Waals surface area contributed by atoms with Gasteiger partial charge in [-0.15, -0.1) is 24.0 Å². The molecule has 7 nitrogen and oxygen atoms in total. The molecular formula is C14H21F2IN4O3S. The summed E-state index contributed by atoms with van der Waals surface area (Å²) in [4.78, 5) is 5.34. The van der Waals surface area contributed by atoms with Crippen molar-refractivity contribution in [2.45, 2.75) is 17.9 Å². The molecule has 1 heterocycles. The highest BCUT2D eigenvalue weighted by molar-refractivity contribution is 14.0. The zero-order chi connectivity index (χ0) is 17.7. The van der Waals surface area contributed by atoms with Gasteiger partial charge in [-0.2, -0.15) is 0 Å². The highest BCUT2D eigenvalue weighted by Gasteiger charge is 2.20. The minimum absolute atomic E-state index is 0. The average molecular weight is 490 g/mol. The number of ether oxygens (including phenoxy) is 1. The van der Waals surface area contributed by atoms with Gasteiger partial charge in [-0.3, -0.25) is 4.99 Å². The van der Waals surface area contributed by atoms with Gasteiger partial charge in [0, 0.05) is 25.7 Å². The van der Waals surface area contributed by atoms with Crippen LogP contribution in [0, 0.1) is 11.6 Å². The number of morpholine rings is 1. The topological polar surface area (TPSA) is 97.0 Å². The normalized spacial score (nSPS) is 18.8. The number of nitrogens with zero attached hydrogens (tertiary/aromatic N) is 2. The lowest BCUT2D eigenvalue weighted by Gasteiger charge is -2.31. The summed E-state index contributed by atoms with van der Waals surface area (Å²) in [7, 11) is -4.07. The van der Waals surface area contributed by atoms with Crippen molar-refractivity contribution in [1.82, 2.24) is 9.62 Å². The molecule has 0 spiro atoms. The second kappa shape index (κ2) is 9.59. The third-order valence-corrected chi connectivity index (χ3v) is 4.92. The molecule has 1 aromatic carbocycles. The molecule has 1 saturated heterocycles. The Balaban J connectivity index is 0.00000312. The standard InChI is InChI=1S/C14H20F2N4O3S.HI/c1-10-9-20(6-7-23-10)14(17)18-4-5-19-24(21,22)13-3-2-11(15)8-12(13)16;/h2-3,8,10,19H,4-7,9H2,1H3,(H2,17,18);1H. The maximum absolute atomic E-state index is 13.5. The number of benzene rings is 1. The van der Waals surface area contributed by atoms with Crippen LogP contribution in [0.1, 0.15) is 6.92 Å². The molecule has 1 aromatic rings. The molecule has 1 aliphatic heterocycles. The Morgan fingerprint density at radius 3 is 2.84 bits per heavy atom. The fourth-order valence-electron chi connectivity index (χ4n) is 2.25. The summed E-state index contributed by atoms with van der Waals surface area (Å²) >= 11 is 0. The summed E-state index contributed by atoms with van der Waals surface area (Å²) < 4.78 is 57.9. The van der Waals surface area contributed by atoms with Crippen LogP contribution in [0.15, 0.2) is 28.1 Å². The van der Waals surface area contributed by atoms with Gasteiger partial charge in [-0.05, 0) is 19.1 Å². The Kier molecular flexibility index (Phi) is 8.44. The lowest BCUT2D eigenvalue weighted by atomic mass is 10.3. The summed E-state index contributed by atoms with van der Waals surface area (Å²) in [6, 6.07) is 2.28. The third kappa shape index (κ3) is 6.31. The molecule has 2 rings (SSSR count). The summed E-state index contributed by atoms with van der Waals surface area (Å²) in [5, 5.41) is 0. The van der Waals surface area contributed by atoms with Crippen LogP contribution in [0.4, 0.5) is 8.78 Å². The molecule has 0 aliphatic carbocycles. The van der Waals surface area contributed by atoms with E-state index in [1.54, 1.807) is 0 Å². The van der Waals surface area contributed by atoms with Gasteiger partial charge in [0.15, 0.2) is 5.96 Å². The molecule has 0 radical (unpaired) electrons. The van der Waals surface area contributed by atoms with Crippen molar-refractivity contribution >= 4 is 40.0 Å². The van der Waals surface area contributed by atoms with Crippen molar-refractivity contribution in [3.05, 3.63) is 29.8 Å². The first-order valence-corrected chi connectivity index (χ1v) is 8.89. The van der Waals surface area contributed by atoms with Gasteiger partial charge in [0.1, 0.15) is 16.5 Å². The second-order valence-corrected chi connectivity index (χ2v) is 7.08. The van der Waals surface area contributed by atoms with E-state index in [2.05, 4.69) is 9.71 Å². The highest BCUT2D eigenvalue weighted by atomic mass is 127. The van der Waals surface area contributed by atoms with E-state index in [0.717, 1.165) is 12.1 Å². The van der Waals surface area contributed by atoms with Gasteiger partial charge < -0.3 is 15.4 Å². The molecule has 1 aliphatic rings. The Morgan fingerprint density at radius 1 is 1.48 bits per heavy atom. The predicted molar refractivity (Wildman–Crippen MR) is 100 cm³/mol. The van der Waals surface area contributed by atoms with E-state index in [-0.39, 0.29) is 43.2 Å². The van der Waals surface area contributed by atoms with Crippen LogP contribution in [-0.4, -0.2) is 58.2 Å². The van der Waals surface area contributed by atoms with Crippen LogP contribution in [-0.2, 0) is 14.8 Å². The molecule has 3 N–H and O–H groups in total. The zero-order valence-electron chi connectivity index (χ0n) is 13.6. The molecule has 0 saturated carbocycles. The molecule has 1 unspecified atom stereocenters. The quantitative estimate of drug-likeness (QED) is 0.277. The maximum atomic E-state index is 13.5. The minimum atomic E-state index is -4.07. The number of nitrogens with one attached hydrogen (secondary N) is 1. The number of halogens is 3. The first-order valence-electron chi connectivity index (χ1n) is 7.41. The fourth-order valence-corrected chi connectivity index (χ4v) is 3.33. The molecular weight excluding hydrogens is 469 g/mol. The Bertz CT molecular complexity index is 718. The van der Waals surface area contributed by atoms with Crippen LogP contribution < -0.4 is 10.5 Å². The van der Waals surface area contributed by atoms with Gasteiger partial charge in [0.05, 0.1) is 19.3 Å². The second-order valence-electron chi connectivity index (χ2n) is 5.34. The number of sulfonamides is 1. The summed E-state index contributed by atoms with van der Waals surface area (Å²) in [6.45, 7) is 3.74. The van der Waals surface area contributed by atoms with Crippen molar-refractivity contribution in [2.24, 2.45) is 10.7 Å². The molecule has 1 atom stereocenters. The van der Waals surface area contributed by atoms with E-state index in [1.165, 1.54) is 0 Å². The maximum Gasteiger partial charge on any atom is 0.243 e. The lowest BCUT2D eigenvalue weighted by molar-refractivity contribution is 0.00530. The van der Waals surface area contributed by atoms with Gasteiger partial charge in [-0.25, -0.2) is 21.9 Å². The van der Waals surface area contributed by atoms with Crippen LogP contribution in [0.25, 0.3) is 0 Å². The smallest absolute Gasteiger partial charge is 0.243 e. The SMILES string of the molecule is CC1CN(C(N)=NCCNS(=O)(=O)c2ccc(F)cc2F)CCO1.I. The van der Waals surface area contributed by atoms with Crippen molar-refractivity contribution in [2.75, 3.05) is 32.8 Å². The Morgan fingerprint density at radius 2 is 2.20 bits per heavy atom. The minimum Gasteiger partial charge on any atom is -0.375 e. The van der Waals surface area contributed by atoms with Crippen LogP contribution in [0.2, 0.25) is 0 Å². The van der Waals surface area contributed by atoms with E-state index < -0.39 is 26.6 Å². The number of hydrogen-bond donors (Lipinski definition) is 2. The number of rotatable bonds is 5. The van der Waals surface area contributed by atoms with Crippen LogP contribution in [0.3, 0.4) is 0 Å². The van der Waals surface area contributed by atoms with E-state index in [0.29, 0.717) is 31.7 Å². The van der Waals surface area contributed by atoms with Gasteiger partial charge in [0.2, 0.25) is 10.0 Å². The number of nitrogens with two attached hydrogens (primary N) is 1. The molecule has 1 fully saturated rings. The van der Waals surface area contributed by atoms with E-state index in [1.807, 2.05) is 11.8 Å². The lowest BCUT2D eigenvalue weighted by Crippen LogP contribution is -2.48. The van der Waals surface area contributed by atoms with Crippen molar-refractivity contribution in [1.29, 1.82) is 0 Å². The summed E-state index contributed by atoms with van der Waals surface area (Å²) in [5.74, 6) is -1.69. The molecule has 11 heteroatoms. The predicted octanol–water partition coefficient (Wildman–Crippen LogP) is 0.896. The Labute approximate surface area is 162 Å². The van der Waals surface area contributed by atoms with Gasteiger partial charge in [0.25, 0.3) is 0 Å². The number of hydrogen-bond acceptors (Lipinski definition) is 4. The van der Waals surface area contributed by atoms with E-state index in [4.69, 9.17) is 10.5 Å². The van der Waals surface area contributed by atoms with Gasteiger partial charge >= 0.3 is 0 Å². The first-order chi connectivity index (χ1) is 11.3. The van der Waals surface area contributed by atoms with Crippen molar-refractivity contribution in [3.63, 3.8) is 0 Å². The summed E-state index contributed by atoms with van der Waals surface area (Å²) in [6.07, 6.45) is 0.0486.